The number of ether oxygens (including phenoxy) is 2. The summed E-state index contributed by atoms with van der Waals surface area (Å²) in [4.78, 5) is 11.3. The second-order valence-electron chi connectivity index (χ2n) is 3.91. The van der Waals surface area contributed by atoms with Crippen molar-refractivity contribution in [3.63, 3.8) is 0 Å². The van der Waals surface area contributed by atoms with E-state index in [1.165, 1.54) is 0 Å². The lowest BCUT2D eigenvalue weighted by atomic mass is 9.97. The lowest BCUT2D eigenvalue weighted by molar-refractivity contribution is -0.202. The number of esters is 1. The van der Waals surface area contributed by atoms with Crippen molar-refractivity contribution in [1.29, 1.82) is 0 Å². The second-order valence-corrected chi connectivity index (χ2v) is 3.91. The van der Waals surface area contributed by atoms with Gasteiger partial charge in [-0.1, -0.05) is 13.0 Å². The molecule has 0 bridgehead atoms. The predicted molar refractivity (Wildman–Crippen MR) is 58.3 cm³/mol. The van der Waals surface area contributed by atoms with E-state index in [-0.39, 0.29) is 18.2 Å². The molecule has 15 heavy (non-hydrogen) atoms. The monoisotopic (exact) mass is 212 g/mol. The van der Waals surface area contributed by atoms with Crippen LogP contribution >= 0.6 is 0 Å². The molecule has 0 spiro atoms. The van der Waals surface area contributed by atoms with E-state index in [0.29, 0.717) is 13.0 Å². The highest BCUT2D eigenvalue weighted by molar-refractivity contribution is 5.69. The highest BCUT2D eigenvalue weighted by Crippen LogP contribution is 2.25. The third-order valence-electron chi connectivity index (χ3n) is 2.56. The van der Waals surface area contributed by atoms with E-state index in [1.54, 1.807) is 0 Å². The molecule has 1 aliphatic rings. The lowest BCUT2D eigenvalue weighted by Crippen LogP contribution is -2.33. The third-order valence-corrected chi connectivity index (χ3v) is 2.56. The van der Waals surface area contributed by atoms with Gasteiger partial charge >= 0.3 is 5.97 Å². The zero-order chi connectivity index (χ0) is 11.1. The second kappa shape index (κ2) is 6.62. The predicted octanol–water partition coefficient (Wildman–Crippen LogP) is 2.66. The summed E-state index contributed by atoms with van der Waals surface area (Å²) < 4.78 is 10.8. The molecular formula is C12H20O3. The molecule has 1 heterocycles. The Bertz CT molecular complexity index is 213. The van der Waals surface area contributed by atoms with E-state index in [1.807, 2.05) is 13.0 Å². The summed E-state index contributed by atoms with van der Waals surface area (Å²) in [6.07, 6.45) is 5.74. The van der Waals surface area contributed by atoms with E-state index in [0.717, 1.165) is 25.7 Å². The highest BCUT2D eigenvalue weighted by Gasteiger charge is 2.27. The minimum Gasteiger partial charge on any atom is -0.435 e. The average Bonchev–Trinajstić information content (AvgIpc) is 2.21. The van der Waals surface area contributed by atoms with Crippen LogP contribution in [0, 0.1) is 5.92 Å². The maximum absolute atomic E-state index is 11.3. The summed E-state index contributed by atoms with van der Waals surface area (Å²) in [7, 11) is 0. The number of allylic oxidation sites excluding steroid dienone is 1. The zero-order valence-corrected chi connectivity index (χ0v) is 9.41. The van der Waals surface area contributed by atoms with Gasteiger partial charge in [-0.2, -0.15) is 0 Å². The van der Waals surface area contributed by atoms with Crippen molar-refractivity contribution >= 4 is 5.97 Å². The van der Waals surface area contributed by atoms with Gasteiger partial charge in [-0.3, -0.25) is 4.79 Å². The molecule has 0 radical (unpaired) electrons. The first-order valence-corrected chi connectivity index (χ1v) is 5.70. The number of hydrogen-bond acceptors (Lipinski definition) is 3. The van der Waals surface area contributed by atoms with Crippen LogP contribution in [0.1, 0.15) is 39.0 Å². The molecule has 0 saturated carbocycles. The number of carbonyl (C=O) groups excluding carboxylic acids is 1. The van der Waals surface area contributed by atoms with Crippen molar-refractivity contribution in [2.45, 2.75) is 45.3 Å². The molecule has 3 heteroatoms. The molecule has 2 atom stereocenters. The largest absolute Gasteiger partial charge is 0.435 e. The Morgan fingerprint density at radius 1 is 1.67 bits per heavy atom. The molecular weight excluding hydrogens is 192 g/mol. The van der Waals surface area contributed by atoms with Gasteiger partial charge in [-0.25, -0.2) is 0 Å². The van der Waals surface area contributed by atoms with Crippen molar-refractivity contribution in [1.82, 2.24) is 0 Å². The minimum absolute atomic E-state index is 0.154. The van der Waals surface area contributed by atoms with Crippen LogP contribution < -0.4 is 0 Å². The summed E-state index contributed by atoms with van der Waals surface area (Å²) in [5.41, 5.74) is 0. The van der Waals surface area contributed by atoms with E-state index < -0.39 is 0 Å². The first-order chi connectivity index (χ1) is 7.27. The van der Waals surface area contributed by atoms with Crippen LogP contribution in [-0.4, -0.2) is 18.9 Å². The van der Waals surface area contributed by atoms with Gasteiger partial charge < -0.3 is 9.47 Å². The van der Waals surface area contributed by atoms with Crippen molar-refractivity contribution in [2.24, 2.45) is 5.92 Å². The molecule has 1 aliphatic heterocycles. The first kappa shape index (κ1) is 12.2. The van der Waals surface area contributed by atoms with Crippen LogP contribution in [0.5, 0.6) is 0 Å². The summed E-state index contributed by atoms with van der Waals surface area (Å²) >= 11 is 0. The molecule has 1 rings (SSSR count). The Morgan fingerprint density at radius 2 is 2.47 bits per heavy atom. The standard InChI is InChI=1S/C12H20O3/c1-3-6-10-8-5-9-14-12(10)15-11(13)7-4-2/h3,10,12H,1,4-9H2,2H3. The molecule has 0 aliphatic carbocycles. The van der Waals surface area contributed by atoms with Crippen LogP contribution in [0.3, 0.4) is 0 Å². The molecule has 3 nitrogen and oxygen atoms in total. The Hall–Kier alpha value is -0.830. The van der Waals surface area contributed by atoms with E-state index in [9.17, 15) is 4.79 Å². The quantitative estimate of drug-likeness (QED) is 0.519. The van der Waals surface area contributed by atoms with E-state index in [2.05, 4.69) is 6.58 Å². The van der Waals surface area contributed by atoms with Gasteiger partial charge in [0.15, 0.2) is 0 Å². The molecule has 0 aromatic carbocycles. The van der Waals surface area contributed by atoms with Gasteiger partial charge in [0.1, 0.15) is 0 Å². The van der Waals surface area contributed by atoms with Gasteiger partial charge in [0.25, 0.3) is 0 Å². The maximum atomic E-state index is 11.3. The first-order valence-electron chi connectivity index (χ1n) is 5.70. The Labute approximate surface area is 91.4 Å². The molecule has 86 valence electrons. The van der Waals surface area contributed by atoms with Crippen molar-refractivity contribution < 1.29 is 14.3 Å². The van der Waals surface area contributed by atoms with Gasteiger partial charge in [-0.15, -0.1) is 6.58 Å². The van der Waals surface area contributed by atoms with Gasteiger partial charge in [0, 0.05) is 12.3 Å². The maximum Gasteiger partial charge on any atom is 0.308 e. The summed E-state index contributed by atoms with van der Waals surface area (Å²) in [6.45, 7) is 6.36. The zero-order valence-electron chi connectivity index (χ0n) is 9.41. The Balaban J connectivity index is 2.41. The fourth-order valence-electron chi connectivity index (χ4n) is 1.78. The Kier molecular flexibility index (Phi) is 5.40. The number of carbonyl (C=O) groups is 1. The van der Waals surface area contributed by atoms with E-state index >= 15 is 0 Å². The van der Waals surface area contributed by atoms with Gasteiger partial charge in [-0.05, 0) is 25.7 Å². The smallest absolute Gasteiger partial charge is 0.308 e. The van der Waals surface area contributed by atoms with Crippen LogP contribution in [0.25, 0.3) is 0 Å². The topological polar surface area (TPSA) is 35.5 Å². The molecule has 1 saturated heterocycles. The van der Waals surface area contributed by atoms with Crippen LogP contribution in [0.15, 0.2) is 12.7 Å². The molecule has 0 aromatic rings. The van der Waals surface area contributed by atoms with Crippen molar-refractivity contribution in [3.8, 4) is 0 Å². The molecule has 0 N–H and O–H groups in total. The van der Waals surface area contributed by atoms with Crippen molar-refractivity contribution in [2.75, 3.05) is 6.61 Å². The van der Waals surface area contributed by atoms with E-state index in [4.69, 9.17) is 9.47 Å². The lowest BCUT2D eigenvalue weighted by Gasteiger charge is -2.30. The molecule has 0 amide bonds. The molecule has 0 aromatic heterocycles. The fraction of sp³-hybridized carbons (Fsp3) is 0.750. The minimum atomic E-state index is -0.351. The van der Waals surface area contributed by atoms with Gasteiger partial charge in [0.2, 0.25) is 6.29 Å². The average molecular weight is 212 g/mol. The SMILES string of the molecule is C=CCC1CCCOC1OC(=O)CCC. The molecule has 1 fully saturated rings. The normalized spacial score (nSPS) is 25.9. The van der Waals surface area contributed by atoms with Crippen LogP contribution in [0.4, 0.5) is 0 Å². The van der Waals surface area contributed by atoms with Crippen LogP contribution in [-0.2, 0) is 14.3 Å². The van der Waals surface area contributed by atoms with Crippen LogP contribution in [0.2, 0.25) is 0 Å². The summed E-state index contributed by atoms with van der Waals surface area (Å²) in [6, 6.07) is 0. The van der Waals surface area contributed by atoms with Gasteiger partial charge in [0.05, 0.1) is 6.61 Å². The third kappa shape index (κ3) is 4.04. The fourth-order valence-corrected chi connectivity index (χ4v) is 1.78. The van der Waals surface area contributed by atoms with Crippen molar-refractivity contribution in [3.05, 3.63) is 12.7 Å². The number of hydrogen-bond donors (Lipinski definition) is 0. The summed E-state index contributed by atoms with van der Waals surface area (Å²) in [5, 5.41) is 0. The molecule has 2 unspecified atom stereocenters. The Morgan fingerprint density at radius 3 is 3.13 bits per heavy atom. The summed E-state index contributed by atoms with van der Waals surface area (Å²) in [5.74, 6) is 0.135. The number of rotatable bonds is 5. The highest BCUT2D eigenvalue weighted by atomic mass is 16.7.